The van der Waals surface area contributed by atoms with Crippen LogP contribution in [0.2, 0.25) is 0 Å². The quantitative estimate of drug-likeness (QED) is 0.898. The zero-order chi connectivity index (χ0) is 18.6. The third kappa shape index (κ3) is 4.39. The molecule has 0 saturated carbocycles. The van der Waals surface area contributed by atoms with Crippen molar-refractivity contribution in [1.29, 1.82) is 0 Å². The van der Waals surface area contributed by atoms with Crippen molar-refractivity contribution in [3.05, 3.63) is 42.4 Å². The van der Waals surface area contributed by atoms with Crippen LogP contribution in [-0.2, 0) is 11.3 Å². The molecule has 1 amide bonds. The molecular formula is C21H28N4O2. The molecule has 0 spiro atoms. The molecule has 6 nitrogen and oxygen atoms in total. The molecule has 2 saturated heterocycles. The Hall–Kier alpha value is -2.18. The summed E-state index contributed by atoms with van der Waals surface area (Å²) in [6.07, 6.45) is 3.71. The molecule has 0 unspecified atom stereocenters. The predicted molar refractivity (Wildman–Crippen MR) is 104 cm³/mol. The highest BCUT2D eigenvalue weighted by molar-refractivity contribution is 5.79. The summed E-state index contributed by atoms with van der Waals surface area (Å²) in [5.74, 6) is 2.07. The fourth-order valence-corrected chi connectivity index (χ4v) is 4.05. The first-order valence-corrected chi connectivity index (χ1v) is 9.93. The van der Waals surface area contributed by atoms with E-state index in [1.54, 1.807) is 6.20 Å². The highest BCUT2D eigenvalue weighted by atomic mass is 16.4. The van der Waals surface area contributed by atoms with Gasteiger partial charge in [0.1, 0.15) is 0 Å². The average Bonchev–Trinajstić information content (AvgIpc) is 3.17. The van der Waals surface area contributed by atoms with Gasteiger partial charge in [0.05, 0.1) is 12.7 Å². The van der Waals surface area contributed by atoms with Crippen LogP contribution in [0, 0.1) is 5.92 Å². The highest BCUT2D eigenvalue weighted by Gasteiger charge is 2.30. The Balaban J connectivity index is 1.28. The van der Waals surface area contributed by atoms with Gasteiger partial charge in [0.2, 0.25) is 11.8 Å². The van der Waals surface area contributed by atoms with E-state index in [4.69, 9.17) is 4.42 Å². The number of amides is 1. The lowest BCUT2D eigenvalue weighted by Gasteiger charge is -2.37. The molecule has 2 fully saturated rings. The number of aromatic nitrogens is 1. The molecule has 3 heterocycles. The van der Waals surface area contributed by atoms with Crippen LogP contribution in [0.5, 0.6) is 0 Å². The number of rotatable bonds is 4. The molecule has 2 atom stereocenters. The van der Waals surface area contributed by atoms with Gasteiger partial charge in [-0.25, -0.2) is 4.98 Å². The van der Waals surface area contributed by atoms with E-state index in [9.17, 15) is 4.79 Å². The van der Waals surface area contributed by atoms with Crippen LogP contribution in [0.3, 0.4) is 0 Å². The minimum Gasteiger partial charge on any atom is -0.439 e. The normalized spacial score (nSPS) is 24.1. The van der Waals surface area contributed by atoms with Crippen molar-refractivity contribution in [2.75, 3.05) is 32.7 Å². The minimum absolute atomic E-state index is 0.188. The highest BCUT2D eigenvalue weighted by Crippen LogP contribution is 2.22. The maximum Gasteiger partial charge on any atom is 0.225 e. The molecule has 0 aliphatic carbocycles. The molecule has 0 bridgehead atoms. The Labute approximate surface area is 160 Å². The second-order valence-electron chi connectivity index (χ2n) is 7.66. The van der Waals surface area contributed by atoms with Crippen LogP contribution in [0.1, 0.15) is 25.7 Å². The Morgan fingerprint density at radius 1 is 1.22 bits per heavy atom. The zero-order valence-corrected chi connectivity index (χ0v) is 15.9. The number of nitrogens with one attached hydrogen (secondary N) is 1. The molecule has 2 aromatic rings. The Morgan fingerprint density at radius 3 is 2.74 bits per heavy atom. The van der Waals surface area contributed by atoms with E-state index in [2.05, 4.69) is 22.1 Å². The first kappa shape index (κ1) is 18.2. The third-order valence-electron chi connectivity index (χ3n) is 5.63. The number of benzene rings is 1. The van der Waals surface area contributed by atoms with Gasteiger partial charge < -0.3 is 14.6 Å². The van der Waals surface area contributed by atoms with E-state index < -0.39 is 0 Å². The number of hydrogen-bond donors (Lipinski definition) is 1. The van der Waals surface area contributed by atoms with Crippen LogP contribution in [0.25, 0.3) is 11.3 Å². The summed E-state index contributed by atoms with van der Waals surface area (Å²) in [6, 6.07) is 10.5. The first-order valence-electron chi connectivity index (χ1n) is 9.93. The fourth-order valence-electron chi connectivity index (χ4n) is 4.05. The van der Waals surface area contributed by atoms with Gasteiger partial charge in [-0.15, -0.1) is 0 Å². The first-order chi connectivity index (χ1) is 13.2. The molecule has 2 aliphatic heterocycles. The van der Waals surface area contributed by atoms with Crippen molar-refractivity contribution in [1.82, 2.24) is 20.1 Å². The molecule has 27 heavy (non-hydrogen) atoms. The molecule has 144 valence electrons. The lowest BCUT2D eigenvalue weighted by molar-refractivity contribution is -0.138. The van der Waals surface area contributed by atoms with E-state index >= 15 is 0 Å². The summed E-state index contributed by atoms with van der Waals surface area (Å²) in [7, 11) is 0. The second kappa shape index (κ2) is 8.23. The van der Waals surface area contributed by atoms with Gasteiger partial charge >= 0.3 is 0 Å². The van der Waals surface area contributed by atoms with Crippen LogP contribution >= 0.6 is 0 Å². The van der Waals surface area contributed by atoms with E-state index in [0.29, 0.717) is 18.5 Å². The molecule has 4 rings (SSSR count). The summed E-state index contributed by atoms with van der Waals surface area (Å²) in [5, 5.41) is 3.42. The monoisotopic (exact) mass is 368 g/mol. The summed E-state index contributed by atoms with van der Waals surface area (Å²) < 4.78 is 5.91. The van der Waals surface area contributed by atoms with E-state index in [-0.39, 0.29) is 5.92 Å². The summed E-state index contributed by atoms with van der Waals surface area (Å²) in [5.41, 5.74) is 1.04. The largest absolute Gasteiger partial charge is 0.439 e. The number of carbonyl (C=O) groups excluding carboxylic acids is 1. The van der Waals surface area contributed by atoms with Crippen LogP contribution in [-0.4, -0.2) is 59.5 Å². The number of oxazole rings is 1. The molecule has 1 N–H and O–H groups in total. The smallest absolute Gasteiger partial charge is 0.225 e. The number of nitrogens with zero attached hydrogens (tertiary/aromatic N) is 3. The van der Waals surface area contributed by atoms with Crippen molar-refractivity contribution >= 4 is 5.91 Å². The average molecular weight is 368 g/mol. The minimum atomic E-state index is 0.188. The second-order valence-corrected chi connectivity index (χ2v) is 7.66. The van der Waals surface area contributed by atoms with Crippen LogP contribution in [0.4, 0.5) is 0 Å². The van der Waals surface area contributed by atoms with Crippen molar-refractivity contribution in [2.45, 2.75) is 32.4 Å². The number of piperidine rings is 1. The standard InChI is InChI=1S/C21H28N4O2/c1-16-13-18(7-8-22-16)21(26)25-11-9-24(10-12-25)15-20-23-14-19(27-20)17-5-3-2-4-6-17/h2-6,14,16,18,22H,7-13,15H2,1H3/t16-,18-/m0/s1. The number of hydrogen-bond acceptors (Lipinski definition) is 5. The maximum atomic E-state index is 12.8. The van der Waals surface area contributed by atoms with Gasteiger partial charge in [0.15, 0.2) is 5.76 Å². The van der Waals surface area contributed by atoms with Crippen molar-refractivity contribution < 1.29 is 9.21 Å². The fraction of sp³-hybridized carbons (Fsp3) is 0.524. The Kier molecular flexibility index (Phi) is 5.55. The lowest BCUT2D eigenvalue weighted by Crippen LogP contribution is -2.51. The van der Waals surface area contributed by atoms with E-state index in [1.165, 1.54) is 0 Å². The van der Waals surface area contributed by atoms with Crippen LogP contribution in [0.15, 0.2) is 40.9 Å². The maximum absolute atomic E-state index is 12.8. The lowest BCUT2D eigenvalue weighted by atomic mass is 9.92. The third-order valence-corrected chi connectivity index (χ3v) is 5.63. The van der Waals surface area contributed by atoms with Crippen molar-refractivity contribution in [2.24, 2.45) is 5.92 Å². The van der Waals surface area contributed by atoms with Gasteiger partial charge in [-0.2, -0.15) is 0 Å². The predicted octanol–water partition coefficient (Wildman–Crippen LogP) is 2.37. The molecule has 1 aromatic carbocycles. The molecule has 1 aromatic heterocycles. The van der Waals surface area contributed by atoms with Gasteiger partial charge in [-0.1, -0.05) is 30.3 Å². The van der Waals surface area contributed by atoms with Crippen molar-refractivity contribution in [3.63, 3.8) is 0 Å². The molecule has 6 heteroatoms. The Bertz CT molecular complexity index is 753. The van der Waals surface area contributed by atoms with E-state index in [0.717, 1.165) is 62.8 Å². The van der Waals surface area contributed by atoms with Gasteiger partial charge in [0.25, 0.3) is 0 Å². The van der Waals surface area contributed by atoms with Gasteiger partial charge in [-0.05, 0) is 26.3 Å². The number of piperazine rings is 1. The Morgan fingerprint density at radius 2 is 2.00 bits per heavy atom. The summed E-state index contributed by atoms with van der Waals surface area (Å²) in [4.78, 5) is 21.6. The zero-order valence-electron chi connectivity index (χ0n) is 15.9. The van der Waals surface area contributed by atoms with Gasteiger partial charge in [-0.3, -0.25) is 9.69 Å². The van der Waals surface area contributed by atoms with Crippen molar-refractivity contribution in [3.8, 4) is 11.3 Å². The molecular weight excluding hydrogens is 340 g/mol. The van der Waals surface area contributed by atoms with E-state index in [1.807, 2.05) is 35.2 Å². The van der Waals surface area contributed by atoms with Gasteiger partial charge in [0, 0.05) is 43.7 Å². The summed E-state index contributed by atoms with van der Waals surface area (Å²) >= 11 is 0. The topological polar surface area (TPSA) is 61.6 Å². The summed E-state index contributed by atoms with van der Waals surface area (Å²) in [6.45, 7) is 7.14. The SMILES string of the molecule is C[C@H]1C[C@@H](C(=O)N2CCN(Cc3ncc(-c4ccccc4)o3)CC2)CCN1. The number of carbonyl (C=O) groups is 1. The van der Waals surface area contributed by atoms with Crippen LogP contribution < -0.4 is 5.32 Å². The molecule has 2 aliphatic rings. The molecule has 0 radical (unpaired) electrons.